The summed E-state index contributed by atoms with van der Waals surface area (Å²) in [6.07, 6.45) is 0. The van der Waals surface area contributed by atoms with Crippen LogP contribution < -0.4 is 15.5 Å². The second kappa shape index (κ2) is 9.70. The number of carbonyl (C=O) groups excluding carboxylic acids is 4. The molecule has 1 aromatic heterocycles. The fourth-order valence-corrected chi connectivity index (χ4v) is 4.25. The fraction of sp³-hybridized carbons (Fsp3) is 0.174. The predicted octanol–water partition coefficient (Wildman–Crippen LogP) is 4.14. The Morgan fingerprint density at radius 1 is 1.09 bits per heavy atom. The molecule has 9 nitrogen and oxygen atoms in total. The molecule has 0 spiro atoms. The largest absolute Gasteiger partial charge is 0.360 e. The van der Waals surface area contributed by atoms with Gasteiger partial charge in [0.1, 0.15) is 5.76 Å². The van der Waals surface area contributed by atoms with Crippen molar-refractivity contribution in [3.63, 3.8) is 0 Å². The predicted molar refractivity (Wildman–Crippen MR) is 129 cm³/mol. The Kier molecular flexibility index (Phi) is 6.71. The minimum Gasteiger partial charge on any atom is -0.360 e. The van der Waals surface area contributed by atoms with Gasteiger partial charge in [-0.25, -0.2) is 4.90 Å². The highest BCUT2D eigenvalue weighted by Crippen LogP contribution is 2.34. The second-order valence-corrected chi connectivity index (χ2v) is 9.21. The number of benzene rings is 2. The third-order valence-corrected chi connectivity index (χ3v) is 6.42. The third kappa shape index (κ3) is 4.82. The number of amides is 4. The van der Waals surface area contributed by atoms with Gasteiger partial charge in [-0.15, -0.1) is 11.8 Å². The van der Waals surface area contributed by atoms with Crippen LogP contribution in [0.25, 0.3) is 0 Å². The first-order chi connectivity index (χ1) is 16.2. The number of carbonyl (C=O) groups is 4. The molecule has 0 fully saturated rings. The molecule has 4 amide bonds. The van der Waals surface area contributed by atoms with Gasteiger partial charge in [0, 0.05) is 11.8 Å². The Bertz CT molecular complexity index is 1270. The van der Waals surface area contributed by atoms with E-state index in [0.29, 0.717) is 28.4 Å². The first-order valence-electron chi connectivity index (χ1n) is 10.2. The quantitative estimate of drug-likeness (QED) is 0.469. The molecule has 0 saturated heterocycles. The van der Waals surface area contributed by atoms with Gasteiger partial charge < -0.3 is 15.2 Å². The van der Waals surface area contributed by atoms with Gasteiger partial charge in [-0.2, -0.15) is 0 Å². The zero-order valence-electron chi connectivity index (χ0n) is 18.1. The van der Waals surface area contributed by atoms with Crippen LogP contribution in [0.3, 0.4) is 0 Å². The maximum Gasteiger partial charge on any atom is 0.266 e. The molecule has 2 aromatic carbocycles. The van der Waals surface area contributed by atoms with Crippen LogP contribution in [0.15, 0.2) is 53.1 Å². The maximum absolute atomic E-state index is 12.7. The van der Waals surface area contributed by atoms with E-state index < -0.39 is 17.1 Å². The van der Waals surface area contributed by atoms with E-state index >= 15 is 0 Å². The lowest BCUT2D eigenvalue weighted by Gasteiger charge is -2.17. The van der Waals surface area contributed by atoms with Crippen molar-refractivity contribution in [2.24, 2.45) is 0 Å². The third-order valence-electron chi connectivity index (χ3n) is 4.98. The molecule has 0 bridgehead atoms. The minimum atomic E-state index is -0.512. The first kappa shape index (κ1) is 23.5. The summed E-state index contributed by atoms with van der Waals surface area (Å²) in [5, 5.41) is 8.64. The number of imide groups is 1. The molecule has 1 atom stereocenters. The molecule has 3 aromatic rings. The number of rotatable bonds is 7. The van der Waals surface area contributed by atoms with E-state index in [1.165, 1.54) is 12.1 Å². The highest BCUT2D eigenvalue weighted by Gasteiger charge is 2.37. The zero-order valence-corrected chi connectivity index (χ0v) is 19.7. The molecule has 0 saturated carbocycles. The van der Waals surface area contributed by atoms with Crippen molar-refractivity contribution in [1.29, 1.82) is 0 Å². The number of thioether (sulfide) groups is 1. The van der Waals surface area contributed by atoms with Crippen molar-refractivity contribution in [1.82, 2.24) is 5.16 Å². The molecule has 1 aliphatic heterocycles. The highest BCUT2D eigenvalue weighted by molar-refractivity contribution is 8.01. The van der Waals surface area contributed by atoms with E-state index in [2.05, 4.69) is 15.8 Å². The Morgan fingerprint density at radius 2 is 1.76 bits per heavy atom. The van der Waals surface area contributed by atoms with E-state index in [1.54, 1.807) is 50.2 Å². The summed E-state index contributed by atoms with van der Waals surface area (Å²) in [5.74, 6) is -0.655. The summed E-state index contributed by atoms with van der Waals surface area (Å²) >= 11 is 7.49. The van der Waals surface area contributed by atoms with Crippen LogP contribution in [0.5, 0.6) is 0 Å². The molecule has 1 aliphatic rings. The van der Waals surface area contributed by atoms with Crippen LogP contribution in [0.4, 0.5) is 17.2 Å². The monoisotopic (exact) mass is 498 g/mol. The molecule has 1 unspecified atom stereocenters. The standard InChI is InChI=1S/C23H19ClN4O5S/c1-12-9-19(27-33-12)26-21(30)13(2)34-11-20(29)25-14-7-8-18(17(24)10-14)28-22(31)15-5-3-4-6-16(15)23(28)32/h3-10,13H,11H2,1-2H3,(H,25,29)(H,26,27,30). The van der Waals surface area contributed by atoms with E-state index in [1.807, 2.05) is 0 Å². The van der Waals surface area contributed by atoms with Gasteiger partial charge in [-0.1, -0.05) is 28.9 Å². The van der Waals surface area contributed by atoms with Gasteiger partial charge in [0.25, 0.3) is 11.8 Å². The molecule has 0 radical (unpaired) electrons. The summed E-state index contributed by atoms with van der Waals surface area (Å²) in [5.41, 5.74) is 1.25. The molecule has 34 heavy (non-hydrogen) atoms. The molecule has 2 N–H and O–H groups in total. The van der Waals surface area contributed by atoms with Crippen LogP contribution in [0.1, 0.15) is 33.4 Å². The summed E-state index contributed by atoms with van der Waals surface area (Å²) in [7, 11) is 0. The van der Waals surface area contributed by atoms with Gasteiger partial charge in [0.05, 0.1) is 32.8 Å². The fourth-order valence-electron chi connectivity index (χ4n) is 3.30. The number of fused-ring (bicyclic) bond motifs is 1. The van der Waals surface area contributed by atoms with Crippen LogP contribution in [-0.4, -0.2) is 39.8 Å². The number of nitrogens with zero attached hydrogens (tertiary/aromatic N) is 2. The Balaban J connectivity index is 1.34. The Labute approximate surface area is 203 Å². The van der Waals surface area contributed by atoms with Gasteiger partial charge >= 0.3 is 0 Å². The number of hydrogen-bond acceptors (Lipinski definition) is 7. The maximum atomic E-state index is 12.7. The summed E-state index contributed by atoms with van der Waals surface area (Å²) in [6, 6.07) is 12.7. The van der Waals surface area contributed by atoms with Crippen LogP contribution in [0.2, 0.25) is 5.02 Å². The molecule has 2 heterocycles. The summed E-state index contributed by atoms with van der Waals surface area (Å²) < 4.78 is 4.90. The van der Waals surface area contributed by atoms with E-state index in [-0.39, 0.29) is 28.3 Å². The number of hydrogen-bond donors (Lipinski definition) is 2. The lowest BCUT2D eigenvalue weighted by Crippen LogP contribution is -2.29. The average molecular weight is 499 g/mol. The summed E-state index contributed by atoms with van der Waals surface area (Å²) in [4.78, 5) is 50.9. The number of anilines is 3. The topological polar surface area (TPSA) is 122 Å². The molecule has 4 rings (SSSR count). The van der Waals surface area contributed by atoms with Crippen LogP contribution >= 0.6 is 23.4 Å². The van der Waals surface area contributed by atoms with Crippen molar-refractivity contribution in [3.05, 3.63) is 70.4 Å². The molecular formula is C23H19ClN4O5S. The molecular weight excluding hydrogens is 480 g/mol. The van der Waals surface area contributed by atoms with E-state index in [0.717, 1.165) is 16.7 Å². The lowest BCUT2D eigenvalue weighted by atomic mass is 10.1. The lowest BCUT2D eigenvalue weighted by molar-refractivity contribution is -0.115. The van der Waals surface area contributed by atoms with Crippen molar-refractivity contribution in [2.45, 2.75) is 19.1 Å². The van der Waals surface area contributed by atoms with Gasteiger partial charge in [-0.3, -0.25) is 19.2 Å². The minimum absolute atomic E-state index is 0.0181. The smallest absolute Gasteiger partial charge is 0.266 e. The SMILES string of the molecule is Cc1cc(NC(=O)C(C)SCC(=O)Nc2ccc(N3C(=O)c4ccccc4C3=O)c(Cl)c2)no1. The number of aryl methyl sites for hydroxylation is 1. The van der Waals surface area contributed by atoms with Crippen LogP contribution in [-0.2, 0) is 9.59 Å². The van der Waals surface area contributed by atoms with E-state index in [4.69, 9.17) is 16.1 Å². The second-order valence-electron chi connectivity index (χ2n) is 7.47. The number of nitrogens with one attached hydrogen (secondary N) is 2. The first-order valence-corrected chi connectivity index (χ1v) is 11.6. The Morgan fingerprint density at radius 3 is 2.35 bits per heavy atom. The zero-order chi connectivity index (χ0) is 24.4. The average Bonchev–Trinajstić information content (AvgIpc) is 3.33. The van der Waals surface area contributed by atoms with Crippen molar-refractivity contribution in [3.8, 4) is 0 Å². The Hall–Kier alpha value is -3.63. The van der Waals surface area contributed by atoms with Crippen molar-refractivity contribution >= 4 is 64.2 Å². The van der Waals surface area contributed by atoms with Crippen LogP contribution in [0, 0.1) is 6.92 Å². The molecule has 0 aliphatic carbocycles. The van der Waals surface area contributed by atoms with Gasteiger partial charge in [0.15, 0.2) is 5.82 Å². The van der Waals surface area contributed by atoms with Gasteiger partial charge in [0.2, 0.25) is 11.8 Å². The molecule has 11 heteroatoms. The molecule has 174 valence electrons. The number of halogens is 1. The van der Waals surface area contributed by atoms with Crippen molar-refractivity contribution in [2.75, 3.05) is 21.3 Å². The van der Waals surface area contributed by atoms with Crippen molar-refractivity contribution < 1.29 is 23.7 Å². The summed E-state index contributed by atoms with van der Waals surface area (Å²) in [6.45, 7) is 3.39. The number of aromatic nitrogens is 1. The highest BCUT2D eigenvalue weighted by atomic mass is 35.5. The van der Waals surface area contributed by atoms with E-state index in [9.17, 15) is 19.2 Å². The van der Waals surface area contributed by atoms with Gasteiger partial charge in [-0.05, 0) is 44.2 Å². The normalized spacial score (nSPS) is 13.6.